The average Bonchev–Trinajstić information content (AvgIpc) is 2.61. The van der Waals surface area contributed by atoms with Gasteiger partial charge in [0.25, 0.3) is 0 Å². The number of hydrogen-bond acceptors (Lipinski definition) is 1. The van der Waals surface area contributed by atoms with Crippen LogP contribution in [0.4, 0.5) is 0 Å². The SMILES string of the molecule is CC(C)(C)c1c(CO)ccc2c1C=CC2. The monoisotopic (exact) mass is 202 g/mol. The molecule has 0 fully saturated rings. The first-order chi connectivity index (χ1) is 7.04. The summed E-state index contributed by atoms with van der Waals surface area (Å²) in [6, 6.07) is 4.20. The van der Waals surface area contributed by atoms with Crippen LogP contribution in [0.2, 0.25) is 0 Å². The molecule has 1 nitrogen and oxygen atoms in total. The topological polar surface area (TPSA) is 20.2 Å². The molecule has 0 amide bonds. The van der Waals surface area contributed by atoms with E-state index in [1.165, 1.54) is 16.7 Å². The Morgan fingerprint density at radius 1 is 1.27 bits per heavy atom. The number of rotatable bonds is 1. The fraction of sp³-hybridized carbons (Fsp3) is 0.429. The number of aliphatic hydroxyl groups is 1. The number of hydrogen-bond donors (Lipinski definition) is 1. The molecule has 0 aliphatic heterocycles. The van der Waals surface area contributed by atoms with Crippen LogP contribution in [0.5, 0.6) is 0 Å². The van der Waals surface area contributed by atoms with E-state index in [-0.39, 0.29) is 12.0 Å². The van der Waals surface area contributed by atoms with Crippen LogP contribution in [0.15, 0.2) is 18.2 Å². The lowest BCUT2D eigenvalue weighted by atomic mass is 9.80. The lowest BCUT2D eigenvalue weighted by molar-refractivity contribution is 0.278. The van der Waals surface area contributed by atoms with Gasteiger partial charge < -0.3 is 5.11 Å². The molecule has 2 rings (SSSR count). The van der Waals surface area contributed by atoms with Crippen molar-refractivity contribution in [3.05, 3.63) is 40.5 Å². The molecular formula is C14H18O. The van der Waals surface area contributed by atoms with Gasteiger partial charge in [0.05, 0.1) is 6.61 Å². The van der Waals surface area contributed by atoms with Gasteiger partial charge >= 0.3 is 0 Å². The Hall–Kier alpha value is -1.08. The molecule has 0 aromatic heterocycles. The van der Waals surface area contributed by atoms with E-state index in [2.05, 4.69) is 45.1 Å². The van der Waals surface area contributed by atoms with E-state index < -0.39 is 0 Å². The van der Waals surface area contributed by atoms with Gasteiger partial charge in [0.1, 0.15) is 0 Å². The predicted octanol–water partition coefficient (Wildman–Crippen LogP) is 3.05. The van der Waals surface area contributed by atoms with Gasteiger partial charge in [-0.1, -0.05) is 45.1 Å². The second kappa shape index (κ2) is 3.49. The zero-order chi connectivity index (χ0) is 11.1. The van der Waals surface area contributed by atoms with Crippen molar-refractivity contribution in [1.82, 2.24) is 0 Å². The zero-order valence-corrected chi connectivity index (χ0v) is 9.67. The van der Waals surface area contributed by atoms with Crippen molar-refractivity contribution in [3.63, 3.8) is 0 Å². The highest BCUT2D eigenvalue weighted by atomic mass is 16.3. The van der Waals surface area contributed by atoms with Gasteiger partial charge in [-0.25, -0.2) is 0 Å². The Labute approximate surface area is 91.4 Å². The molecule has 0 atom stereocenters. The smallest absolute Gasteiger partial charge is 0.0684 e. The lowest BCUT2D eigenvalue weighted by Gasteiger charge is -2.25. The van der Waals surface area contributed by atoms with Crippen molar-refractivity contribution in [2.24, 2.45) is 0 Å². The number of aliphatic hydroxyl groups excluding tert-OH is 1. The minimum absolute atomic E-state index is 0.0953. The van der Waals surface area contributed by atoms with Crippen molar-refractivity contribution >= 4 is 6.08 Å². The predicted molar refractivity (Wildman–Crippen MR) is 63.8 cm³/mol. The van der Waals surface area contributed by atoms with Crippen molar-refractivity contribution in [3.8, 4) is 0 Å². The maximum Gasteiger partial charge on any atom is 0.0684 e. The summed E-state index contributed by atoms with van der Waals surface area (Å²) in [5, 5.41) is 9.39. The van der Waals surface area contributed by atoms with Crippen molar-refractivity contribution < 1.29 is 5.11 Å². The molecule has 0 radical (unpaired) electrons. The minimum atomic E-state index is 0.0953. The second-order valence-corrected chi connectivity index (χ2v) is 5.19. The van der Waals surface area contributed by atoms with E-state index in [1.54, 1.807) is 0 Å². The van der Waals surface area contributed by atoms with Crippen LogP contribution >= 0.6 is 0 Å². The molecule has 1 aliphatic rings. The molecule has 15 heavy (non-hydrogen) atoms. The van der Waals surface area contributed by atoms with Crippen LogP contribution < -0.4 is 0 Å². The summed E-state index contributed by atoms with van der Waals surface area (Å²) in [5.41, 5.74) is 5.17. The molecular weight excluding hydrogens is 184 g/mol. The molecule has 0 bridgehead atoms. The van der Waals surface area contributed by atoms with E-state index >= 15 is 0 Å². The Kier molecular flexibility index (Phi) is 2.43. The lowest BCUT2D eigenvalue weighted by Crippen LogP contribution is -2.16. The van der Waals surface area contributed by atoms with Crippen molar-refractivity contribution in [2.45, 2.75) is 39.2 Å². The molecule has 0 heterocycles. The molecule has 0 spiro atoms. The highest BCUT2D eigenvalue weighted by Crippen LogP contribution is 2.35. The molecule has 0 saturated carbocycles. The Morgan fingerprint density at radius 3 is 2.60 bits per heavy atom. The van der Waals surface area contributed by atoms with Gasteiger partial charge in [0.2, 0.25) is 0 Å². The first kappa shape index (κ1) is 10.4. The van der Waals surface area contributed by atoms with Crippen LogP contribution in [0, 0.1) is 0 Å². The van der Waals surface area contributed by atoms with E-state index in [9.17, 15) is 5.11 Å². The number of allylic oxidation sites excluding steroid dienone is 1. The molecule has 0 unspecified atom stereocenters. The number of benzene rings is 1. The van der Waals surface area contributed by atoms with E-state index in [1.807, 2.05) is 0 Å². The van der Waals surface area contributed by atoms with Gasteiger partial charge in [0.15, 0.2) is 0 Å². The first-order valence-corrected chi connectivity index (χ1v) is 5.46. The quantitative estimate of drug-likeness (QED) is 0.742. The molecule has 1 N–H and O–H groups in total. The summed E-state index contributed by atoms with van der Waals surface area (Å²) in [7, 11) is 0. The molecule has 1 aromatic carbocycles. The minimum Gasteiger partial charge on any atom is -0.392 e. The Balaban J connectivity index is 2.67. The molecule has 0 saturated heterocycles. The van der Waals surface area contributed by atoms with Gasteiger partial charge in [0, 0.05) is 0 Å². The molecule has 1 aliphatic carbocycles. The highest BCUT2D eigenvalue weighted by molar-refractivity contribution is 5.66. The first-order valence-electron chi connectivity index (χ1n) is 5.46. The summed E-state index contributed by atoms with van der Waals surface area (Å²) < 4.78 is 0. The van der Waals surface area contributed by atoms with E-state index in [0.29, 0.717) is 0 Å². The third-order valence-corrected chi connectivity index (χ3v) is 2.96. The number of fused-ring (bicyclic) bond motifs is 1. The summed E-state index contributed by atoms with van der Waals surface area (Å²) in [6.07, 6.45) is 5.42. The third-order valence-electron chi connectivity index (χ3n) is 2.96. The standard InChI is InChI=1S/C14H18O/c1-14(2,3)13-11(9-15)8-7-10-5-4-6-12(10)13/h4,6-8,15H,5,9H2,1-3H3. The van der Waals surface area contributed by atoms with E-state index in [0.717, 1.165) is 12.0 Å². The van der Waals surface area contributed by atoms with Crippen LogP contribution in [-0.4, -0.2) is 5.11 Å². The van der Waals surface area contributed by atoms with Crippen LogP contribution in [0.3, 0.4) is 0 Å². The van der Waals surface area contributed by atoms with Gasteiger partial charge in [-0.3, -0.25) is 0 Å². The second-order valence-electron chi connectivity index (χ2n) is 5.19. The van der Waals surface area contributed by atoms with Gasteiger partial charge in [-0.05, 0) is 34.1 Å². The van der Waals surface area contributed by atoms with Crippen LogP contribution in [0.1, 0.15) is 43.0 Å². The van der Waals surface area contributed by atoms with Crippen molar-refractivity contribution in [2.75, 3.05) is 0 Å². The summed E-state index contributed by atoms with van der Waals surface area (Å²) in [5.74, 6) is 0. The highest BCUT2D eigenvalue weighted by Gasteiger charge is 2.23. The molecule has 80 valence electrons. The van der Waals surface area contributed by atoms with Gasteiger partial charge in [-0.2, -0.15) is 0 Å². The summed E-state index contributed by atoms with van der Waals surface area (Å²) in [6.45, 7) is 6.74. The Morgan fingerprint density at radius 2 is 2.00 bits per heavy atom. The summed E-state index contributed by atoms with van der Waals surface area (Å²) >= 11 is 0. The summed E-state index contributed by atoms with van der Waals surface area (Å²) in [4.78, 5) is 0. The normalized spacial score (nSPS) is 14.4. The molecule has 1 heteroatoms. The average molecular weight is 202 g/mol. The van der Waals surface area contributed by atoms with E-state index in [4.69, 9.17) is 0 Å². The fourth-order valence-corrected chi connectivity index (χ4v) is 2.40. The molecule has 1 aromatic rings. The maximum absolute atomic E-state index is 9.39. The fourth-order valence-electron chi connectivity index (χ4n) is 2.40. The Bertz CT molecular complexity index is 408. The maximum atomic E-state index is 9.39. The third kappa shape index (κ3) is 1.72. The largest absolute Gasteiger partial charge is 0.392 e. The van der Waals surface area contributed by atoms with Gasteiger partial charge in [-0.15, -0.1) is 0 Å². The van der Waals surface area contributed by atoms with Crippen LogP contribution in [0.25, 0.3) is 6.08 Å². The van der Waals surface area contributed by atoms with Crippen molar-refractivity contribution in [1.29, 1.82) is 0 Å². The zero-order valence-electron chi connectivity index (χ0n) is 9.67. The van der Waals surface area contributed by atoms with Crippen LogP contribution in [-0.2, 0) is 18.4 Å².